The van der Waals surface area contributed by atoms with Gasteiger partial charge in [-0.05, 0) is 30.3 Å². The molecule has 5 heteroatoms. The highest BCUT2D eigenvalue weighted by Crippen LogP contribution is 2.30. The van der Waals surface area contributed by atoms with Crippen molar-refractivity contribution in [3.8, 4) is 17.5 Å². The third kappa shape index (κ3) is 2.61. The van der Waals surface area contributed by atoms with E-state index < -0.39 is 0 Å². The Morgan fingerprint density at radius 3 is 2.67 bits per heavy atom. The van der Waals surface area contributed by atoms with Crippen molar-refractivity contribution in [1.29, 1.82) is 5.26 Å². The summed E-state index contributed by atoms with van der Waals surface area (Å²) < 4.78 is 2.04. The average molecular weight is 316 g/mol. The highest BCUT2D eigenvalue weighted by atomic mass is 35.5. The van der Waals surface area contributed by atoms with E-state index in [1.54, 1.807) is 12.1 Å². The van der Waals surface area contributed by atoms with Crippen LogP contribution in [0.25, 0.3) is 22.4 Å². The van der Waals surface area contributed by atoms with E-state index in [2.05, 4.69) is 11.1 Å². The fraction of sp³-hybridized carbons (Fsp3) is 0.125. The molecule has 104 valence electrons. The molecule has 0 amide bonds. The van der Waals surface area contributed by atoms with Gasteiger partial charge in [0.25, 0.3) is 0 Å². The molecule has 1 aromatic heterocycles. The van der Waals surface area contributed by atoms with Crippen LogP contribution in [0.5, 0.6) is 0 Å². The number of nitrogens with zero attached hydrogens (tertiary/aromatic N) is 3. The third-order valence-corrected chi connectivity index (χ3v) is 4.02. The van der Waals surface area contributed by atoms with Gasteiger partial charge in [0.1, 0.15) is 5.82 Å². The van der Waals surface area contributed by atoms with Gasteiger partial charge in [-0.3, -0.25) is 0 Å². The second-order valence-electron chi connectivity index (χ2n) is 4.61. The smallest absolute Gasteiger partial charge is 0.141 e. The Morgan fingerprint density at radius 1 is 1.10 bits per heavy atom. The Kier molecular flexibility index (Phi) is 3.83. The van der Waals surface area contributed by atoms with Crippen molar-refractivity contribution in [2.24, 2.45) is 0 Å². The Labute approximate surface area is 132 Å². The molecule has 0 aliphatic rings. The van der Waals surface area contributed by atoms with E-state index in [1.807, 2.05) is 34.9 Å². The van der Waals surface area contributed by atoms with Crippen LogP contribution < -0.4 is 0 Å². The van der Waals surface area contributed by atoms with E-state index in [4.69, 9.17) is 28.5 Å². The topological polar surface area (TPSA) is 41.6 Å². The van der Waals surface area contributed by atoms with Gasteiger partial charge in [0.15, 0.2) is 0 Å². The molecule has 3 rings (SSSR count). The maximum atomic E-state index is 8.86. The molecule has 3 nitrogen and oxygen atoms in total. The monoisotopic (exact) mass is 315 g/mol. The molecule has 0 bridgehead atoms. The molecule has 21 heavy (non-hydrogen) atoms. The normalized spacial score (nSPS) is 10.7. The molecule has 0 aliphatic heterocycles. The average Bonchev–Trinajstić information content (AvgIpc) is 2.86. The van der Waals surface area contributed by atoms with Crippen molar-refractivity contribution in [2.75, 3.05) is 0 Å². The van der Waals surface area contributed by atoms with Crippen molar-refractivity contribution < 1.29 is 0 Å². The number of rotatable bonds is 3. The van der Waals surface area contributed by atoms with E-state index in [9.17, 15) is 0 Å². The summed E-state index contributed by atoms with van der Waals surface area (Å²) >= 11 is 12.1. The van der Waals surface area contributed by atoms with E-state index in [-0.39, 0.29) is 0 Å². The maximum absolute atomic E-state index is 8.86. The van der Waals surface area contributed by atoms with Gasteiger partial charge in [0, 0.05) is 12.1 Å². The van der Waals surface area contributed by atoms with Gasteiger partial charge in [-0.25, -0.2) is 4.98 Å². The molecule has 1 heterocycles. The number of imidazole rings is 1. The fourth-order valence-corrected chi connectivity index (χ4v) is 2.62. The van der Waals surface area contributed by atoms with E-state index in [1.165, 1.54) is 0 Å². The van der Waals surface area contributed by atoms with Crippen LogP contribution in [0.1, 0.15) is 6.42 Å². The summed E-state index contributed by atoms with van der Waals surface area (Å²) in [5.74, 6) is 0.796. The van der Waals surface area contributed by atoms with Crippen LogP contribution in [0.3, 0.4) is 0 Å². The summed E-state index contributed by atoms with van der Waals surface area (Å²) in [7, 11) is 0. The summed E-state index contributed by atoms with van der Waals surface area (Å²) in [5.41, 5.74) is 2.80. The van der Waals surface area contributed by atoms with Crippen LogP contribution >= 0.6 is 23.2 Å². The van der Waals surface area contributed by atoms with Crippen molar-refractivity contribution >= 4 is 34.2 Å². The van der Waals surface area contributed by atoms with Gasteiger partial charge in [0.2, 0.25) is 0 Å². The molecule has 0 saturated carbocycles. The Balaban J connectivity index is 2.20. The lowest BCUT2D eigenvalue weighted by Gasteiger charge is -2.08. The first-order valence-corrected chi connectivity index (χ1v) is 7.24. The number of benzene rings is 2. The zero-order valence-corrected chi connectivity index (χ0v) is 12.6. The summed E-state index contributed by atoms with van der Waals surface area (Å²) in [6.45, 7) is 0.590. The van der Waals surface area contributed by atoms with Gasteiger partial charge in [-0.2, -0.15) is 5.26 Å². The Hall–Kier alpha value is -2.02. The molecule has 0 radical (unpaired) electrons. The van der Waals surface area contributed by atoms with E-state index in [0.717, 1.165) is 22.4 Å². The van der Waals surface area contributed by atoms with Crippen molar-refractivity contribution in [2.45, 2.75) is 13.0 Å². The Bertz CT molecular complexity index is 846. The first-order valence-electron chi connectivity index (χ1n) is 6.48. The molecule has 3 aromatic rings. The molecule has 2 aromatic carbocycles. The lowest BCUT2D eigenvalue weighted by molar-refractivity contribution is 0.744. The molecule has 0 fully saturated rings. The number of hydrogen-bond donors (Lipinski definition) is 0. The molecule has 0 spiro atoms. The summed E-state index contributed by atoms with van der Waals surface area (Å²) in [5, 5.41) is 9.86. The quantitative estimate of drug-likeness (QED) is 0.688. The number of para-hydroxylation sites is 2. The molecule has 0 aliphatic carbocycles. The largest absolute Gasteiger partial charge is 0.323 e. The van der Waals surface area contributed by atoms with Crippen molar-refractivity contribution in [3.05, 3.63) is 52.5 Å². The third-order valence-electron chi connectivity index (χ3n) is 3.28. The van der Waals surface area contributed by atoms with Gasteiger partial charge in [0.05, 0.1) is 33.6 Å². The second-order valence-corrected chi connectivity index (χ2v) is 5.43. The minimum atomic E-state index is 0.425. The predicted molar refractivity (Wildman–Crippen MR) is 85.4 cm³/mol. The van der Waals surface area contributed by atoms with Crippen molar-refractivity contribution in [3.63, 3.8) is 0 Å². The maximum Gasteiger partial charge on any atom is 0.141 e. The zero-order valence-electron chi connectivity index (χ0n) is 11.1. The highest BCUT2D eigenvalue weighted by Gasteiger charge is 2.13. The second kappa shape index (κ2) is 5.77. The number of hydrogen-bond acceptors (Lipinski definition) is 2. The summed E-state index contributed by atoms with van der Waals surface area (Å²) in [6.07, 6.45) is 0.425. The number of aromatic nitrogens is 2. The van der Waals surface area contributed by atoms with E-state index in [0.29, 0.717) is 23.0 Å². The number of aryl methyl sites for hydroxylation is 1. The van der Waals surface area contributed by atoms with Crippen LogP contribution in [0.4, 0.5) is 0 Å². The first kappa shape index (κ1) is 13.9. The number of nitriles is 1. The Morgan fingerprint density at radius 2 is 1.90 bits per heavy atom. The molecular formula is C16H11Cl2N3. The number of fused-ring (bicyclic) bond motifs is 1. The van der Waals surface area contributed by atoms with Gasteiger partial charge >= 0.3 is 0 Å². The minimum Gasteiger partial charge on any atom is -0.323 e. The first-order chi connectivity index (χ1) is 10.2. The zero-order chi connectivity index (χ0) is 14.8. The molecule has 0 unspecified atom stereocenters. The molecular weight excluding hydrogens is 305 g/mol. The van der Waals surface area contributed by atoms with Gasteiger partial charge in [-0.15, -0.1) is 0 Å². The van der Waals surface area contributed by atoms with Crippen LogP contribution in [-0.4, -0.2) is 9.55 Å². The van der Waals surface area contributed by atoms with Crippen LogP contribution in [0.2, 0.25) is 10.0 Å². The standard InChI is InChI=1S/C16H11Cl2N3/c17-12-7-6-11(10-13(12)18)16-20-14-4-1-2-5-15(14)21(16)9-3-8-19/h1-2,4-7,10H,3,9H2. The minimum absolute atomic E-state index is 0.425. The lowest BCUT2D eigenvalue weighted by Crippen LogP contribution is -2.00. The highest BCUT2D eigenvalue weighted by molar-refractivity contribution is 6.42. The SMILES string of the molecule is N#CCCn1c(-c2ccc(Cl)c(Cl)c2)nc2ccccc21. The van der Waals surface area contributed by atoms with Gasteiger partial charge in [-0.1, -0.05) is 35.3 Å². The van der Waals surface area contributed by atoms with Crippen molar-refractivity contribution in [1.82, 2.24) is 9.55 Å². The van der Waals surface area contributed by atoms with Crippen LogP contribution in [0, 0.1) is 11.3 Å². The lowest BCUT2D eigenvalue weighted by atomic mass is 10.2. The van der Waals surface area contributed by atoms with Crippen LogP contribution in [-0.2, 0) is 6.54 Å². The number of halogens is 2. The molecule has 0 atom stereocenters. The molecule has 0 N–H and O–H groups in total. The fourth-order valence-electron chi connectivity index (χ4n) is 2.32. The van der Waals surface area contributed by atoms with Crippen LogP contribution in [0.15, 0.2) is 42.5 Å². The summed E-state index contributed by atoms with van der Waals surface area (Å²) in [4.78, 5) is 4.66. The summed E-state index contributed by atoms with van der Waals surface area (Å²) in [6, 6.07) is 15.5. The van der Waals surface area contributed by atoms with Gasteiger partial charge < -0.3 is 4.57 Å². The predicted octanol–water partition coefficient (Wildman–Crippen LogP) is 4.92. The molecule has 0 saturated heterocycles. The van der Waals surface area contributed by atoms with E-state index >= 15 is 0 Å².